The highest BCUT2D eigenvalue weighted by molar-refractivity contribution is 7.78. The average molecular weight is 265 g/mol. The number of thiocarbonyl (C=S) groups is 1. The molecule has 3 nitrogen and oxygen atoms in total. The number of hydrogen-bond donors (Lipinski definition) is 2. The molecular formula is C14H21N2OS+. The van der Waals surface area contributed by atoms with Crippen molar-refractivity contribution in [3.05, 3.63) is 35.9 Å². The Kier molecular flexibility index (Phi) is 6.76. The van der Waals surface area contributed by atoms with E-state index in [1.807, 2.05) is 30.3 Å². The summed E-state index contributed by atoms with van der Waals surface area (Å²) in [7, 11) is 2.10. The Morgan fingerprint density at radius 3 is 2.67 bits per heavy atom. The van der Waals surface area contributed by atoms with E-state index in [2.05, 4.69) is 36.3 Å². The Balaban J connectivity index is 2.47. The van der Waals surface area contributed by atoms with Crippen LogP contribution in [0.5, 0.6) is 0 Å². The number of aliphatic hydroxyl groups is 1. The number of nitrogens with one attached hydrogen (secondary N) is 1. The van der Waals surface area contributed by atoms with E-state index in [0.29, 0.717) is 0 Å². The number of hydrogen-bond acceptors (Lipinski definition) is 3. The van der Waals surface area contributed by atoms with Gasteiger partial charge in [0.05, 0.1) is 25.3 Å². The van der Waals surface area contributed by atoms with Crippen molar-refractivity contribution in [2.45, 2.75) is 25.5 Å². The molecule has 0 saturated carbocycles. The summed E-state index contributed by atoms with van der Waals surface area (Å²) >= 11 is 4.52. The van der Waals surface area contributed by atoms with Gasteiger partial charge in [0.15, 0.2) is 0 Å². The zero-order chi connectivity index (χ0) is 13.4. The third-order valence-corrected chi connectivity index (χ3v) is 3.43. The number of likely N-dealkylation sites (N-methyl/N-ethyl adjacent to an activating group) is 1. The zero-order valence-electron chi connectivity index (χ0n) is 11.0. The Labute approximate surface area is 114 Å². The van der Waals surface area contributed by atoms with Gasteiger partial charge in [-0.15, -0.1) is 0 Å². The number of benzene rings is 1. The monoisotopic (exact) mass is 265 g/mol. The van der Waals surface area contributed by atoms with Crippen LogP contribution in [0.4, 0.5) is 0 Å². The van der Waals surface area contributed by atoms with Crippen LogP contribution in [0.2, 0.25) is 0 Å². The molecule has 3 atom stereocenters. The SMILES string of the molecule is C[C@@H]([C@H](O)c1ccccc1)[NH+](C)CCCN=C=S. The van der Waals surface area contributed by atoms with Gasteiger partial charge >= 0.3 is 0 Å². The highest BCUT2D eigenvalue weighted by Crippen LogP contribution is 2.14. The molecule has 0 fully saturated rings. The molecule has 0 aliphatic rings. The molecule has 1 aromatic rings. The smallest absolute Gasteiger partial charge is 0.130 e. The lowest BCUT2D eigenvalue weighted by Gasteiger charge is -2.26. The Hall–Kier alpha value is -1.06. The lowest BCUT2D eigenvalue weighted by Crippen LogP contribution is -3.13. The topological polar surface area (TPSA) is 37.0 Å². The van der Waals surface area contributed by atoms with Crippen molar-refractivity contribution >= 4 is 17.4 Å². The van der Waals surface area contributed by atoms with E-state index in [9.17, 15) is 5.11 Å². The fraction of sp³-hybridized carbons (Fsp3) is 0.500. The van der Waals surface area contributed by atoms with Crippen LogP contribution in [-0.4, -0.2) is 36.4 Å². The quantitative estimate of drug-likeness (QED) is 0.440. The van der Waals surface area contributed by atoms with Gasteiger partial charge in [-0.05, 0) is 24.7 Å². The standard InChI is InChI=1S/C14H20N2OS/c1-12(16(2)10-6-9-15-11-18)14(17)13-7-4-3-5-8-13/h3-5,7-8,12,14,17H,6,9-10H2,1-2H3/p+1/t12-,14-/m0/s1. The molecule has 0 aliphatic heterocycles. The lowest BCUT2D eigenvalue weighted by molar-refractivity contribution is -0.908. The van der Waals surface area contributed by atoms with E-state index >= 15 is 0 Å². The highest BCUT2D eigenvalue weighted by Gasteiger charge is 2.23. The molecule has 0 saturated heterocycles. The van der Waals surface area contributed by atoms with Crippen LogP contribution in [-0.2, 0) is 0 Å². The van der Waals surface area contributed by atoms with Gasteiger partial charge in [0.1, 0.15) is 12.1 Å². The fourth-order valence-corrected chi connectivity index (χ4v) is 2.01. The maximum atomic E-state index is 10.3. The fourth-order valence-electron chi connectivity index (χ4n) is 1.92. The summed E-state index contributed by atoms with van der Waals surface area (Å²) in [6.45, 7) is 3.75. The van der Waals surface area contributed by atoms with Gasteiger partial charge in [0.25, 0.3) is 0 Å². The molecule has 98 valence electrons. The van der Waals surface area contributed by atoms with Crippen molar-refractivity contribution in [2.75, 3.05) is 20.1 Å². The molecular weight excluding hydrogens is 244 g/mol. The maximum absolute atomic E-state index is 10.3. The summed E-state index contributed by atoms with van der Waals surface area (Å²) in [4.78, 5) is 5.19. The number of rotatable bonds is 7. The molecule has 18 heavy (non-hydrogen) atoms. The van der Waals surface area contributed by atoms with Crippen molar-refractivity contribution in [2.24, 2.45) is 4.99 Å². The zero-order valence-corrected chi connectivity index (χ0v) is 11.8. The van der Waals surface area contributed by atoms with Crippen LogP contribution in [0.1, 0.15) is 25.0 Å². The normalized spacial score (nSPS) is 15.5. The van der Waals surface area contributed by atoms with Gasteiger partial charge in [-0.1, -0.05) is 30.3 Å². The van der Waals surface area contributed by atoms with Crippen LogP contribution in [0.15, 0.2) is 35.3 Å². The minimum atomic E-state index is -0.430. The Bertz CT molecular complexity index is 390. The predicted octanol–water partition coefficient (Wildman–Crippen LogP) is 1.12. The minimum absolute atomic E-state index is 0.156. The van der Waals surface area contributed by atoms with Crippen molar-refractivity contribution in [3.8, 4) is 0 Å². The van der Waals surface area contributed by atoms with Crippen LogP contribution >= 0.6 is 12.2 Å². The molecule has 0 amide bonds. The first-order valence-corrected chi connectivity index (χ1v) is 6.66. The number of aliphatic imine (C=N–C) groups is 1. The molecule has 1 aromatic carbocycles. The third-order valence-electron chi connectivity index (χ3n) is 3.30. The average Bonchev–Trinajstić information content (AvgIpc) is 2.42. The van der Waals surface area contributed by atoms with Crippen molar-refractivity contribution in [3.63, 3.8) is 0 Å². The van der Waals surface area contributed by atoms with Gasteiger partial charge in [-0.25, -0.2) is 4.99 Å². The summed E-state index contributed by atoms with van der Waals surface area (Å²) in [6.07, 6.45) is 0.529. The van der Waals surface area contributed by atoms with Crippen LogP contribution in [0.3, 0.4) is 0 Å². The van der Waals surface area contributed by atoms with Gasteiger partial charge in [0, 0.05) is 6.42 Å². The minimum Gasteiger partial charge on any atom is -0.382 e. The predicted molar refractivity (Wildman–Crippen MR) is 77.1 cm³/mol. The van der Waals surface area contributed by atoms with E-state index in [1.54, 1.807) is 0 Å². The Morgan fingerprint density at radius 1 is 1.39 bits per heavy atom. The van der Waals surface area contributed by atoms with Gasteiger partial charge < -0.3 is 10.0 Å². The van der Waals surface area contributed by atoms with E-state index in [4.69, 9.17) is 0 Å². The number of aliphatic hydroxyl groups excluding tert-OH is 1. The highest BCUT2D eigenvalue weighted by atomic mass is 32.1. The molecule has 1 unspecified atom stereocenters. The number of isothiocyanates is 1. The summed E-state index contributed by atoms with van der Waals surface area (Å²) < 4.78 is 0. The summed E-state index contributed by atoms with van der Waals surface area (Å²) in [6, 6.07) is 9.95. The summed E-state index contributed by atoms with van der Waals surface area (Å²) in [5.41, 5.74) is 0.973. The first kappa shape index (κ1) is 15.0. The Morgan fingerprint density at radius 2 is 2.06 bits per heavy atom. The molecule has 4 heteroatoms. The maximum Gasteiger partial charge on any atom is 0.130 e. The van der Waals surface area contributed by atoms with Gasteiger partial charge in [-0.2, -0.15) is 0 Å². The first-order valence-electron chi connectivity index (χ1n) is 6.25. The largest absolute Gasteiger partial charge is 0.382 e. The van der Waals surface area contributed by atoms with E-state index < -0.39 is 6.10 Å². The first-order chi connectivity index (χ1) is 8.66. The lowest BCUT2D eigenvalue weighted by atomic mass is 10.0. The van der Waals surface area contributed by atoms with Crippen molar-refractivity contribution in [1.82, 2.24) is 0 Å². The van der Waals surface area contributed by atoms with Gasteiger partial charge in [0.2, 0.25) is 0 Å². The van der Waals surface area contributed by atoms with Crippen LogP contribution < -0.4 is 4.90 Å². The summed E-state index contributed by atoms with van der Waals surface area (Å²) in [5.74, 6) is 0. The molecule has 0 aromatic heterocycles. The summed E-state index contributed by atoms with van der Waals surface area (Å²) in [5, 5.41) is 12.7. The number of nitrogens with zero attached hydrogens (tertiary/aromatic N) is 1. The second-order valence-corrected chi connectivity index (χ2v) is 4.75. The second kappa shape index (κ2) is 8.11. The van der Waals surface area contributed by atoms with E-state index in [-0.39, 0.29) is 6.04 Å². The molecule has 2 N–H and O–H groups in total. The molecule has 0 radical (unpaired) electrons. The van der Waals surface area contributed by atoms with Crippen molar-refractivity contribution < 1.29 is 10.0 Å². The van der Waals surface area contributed by atoms with Crippen molar-refractivity contribution in [1.29, 1.82) is 0 Å². The van der Waals surface area contributed by atoms with Gasteiger partial charge in [-0.3, -0.25) is 0 Å². The molecule has 1 rings (SSSR count). The van der Waals surface area contributed by atoms with E-state index in [1.165, 1.54) is 4.90 Å². The van der Waals surface area contributed by atoms with Crippen LogP contribution in [0.25, 0.3) is 0 Å². The molecule has 0 aliphatic carbocycles. The molecule has 0 heterocycles. The van der Waals surface area contributed by atoms with Crippen LogP contribution in [0, 0.1) is 0 Å². The van der Waals surface area contributed by atoms with E-state index in [0.717, 1.165) is 25.1 Å². The number of quaternary nitrogens is 1. The molecule has 0 bridgehead atoms. The molecule has 0 spiro atoms. The second-order valence-electron chi connectivity index (χ2n) is 4.57. The third kappa shape index (κ3) is 4.67.